The Kier molecular flexibility index (Phi) is 6.92. The second kappa shape index (κ2) is 8.49. The Labute approximate surface area is 171 Å². The van der Waals surface area contributed by atoms with Crippen molar-refractivity contribution in [2.24, 2.45) is 15.7 Å². The van der Waals surface area contributed by atoms with E-state index in [4.69, 9.17) is 11.6 Å². The van der Waals surface area contributed by atoms with Crippen LogP contribution in [-0.2, 0) is 14.5 Å². The number of carbonyl (C=O) groups excluding carboxylic acids is 2. The van der Waals surface area contributed by atoms with Crippen molar-refractivity contribution in [2.75, 3.05) is 24.6 Å². The topological polar surface area (TPSA) is 66.8 Å². The highest BCUT2D eigenvalue weighted by Crippen LogP contribution is 2.28. The predicted molar refractivity (Wildman–Crippen MR) is 111 cm³/mol. The summed E-state index contributed by atoms with van der Waals surface area (Å²) >= 11 is 5.87. The molecule has 1 aromatic rings. The quantitative estimate of drug-likeness (QED) is 0.702. The molecule has 2 atom stereocenters. The molecule has 5 nitrogen and oxygen atoms in total. The molecule has 0 bridgehead atoms. The van der Waals surface area contributed by atoms with Gasteiger partial charge in [-0.25, -0.2) is 8.60 Å². The zero-order valence-corrected chi connectivity index (χ0v) is 18.6. The Morgan fingerprint density at radius 1 is 1.25 bits per heavy atom. The molecular formula is C20H28ClFN2O3S. The van der Waals surface area contributed by atoms with E-state index < -0.39 is 21.5 Å². The maximum Gasteiger partial charge on any atom is 0.288 e. The summed E-state index contributed by atoms with van der Waals surface area (Å²) in [6, 6.07) is 2.84. The fourth-order valence-corrected chi connectivity index (χ4v) is 4.95. The highest BCUT2D eigenvalue weighted by molar-refractivity contribution is 7.93. The molecule has 2 unspecified atom stereocenters. The number of benzene rings is 1. The summed E-state index contributed by atoms with van der Waals surface area (Å²) in [6.07, 6.45) is 0.482. The van der Waals surface area contributed by atoms with Gasteiger partial charge in [0.25, 0.3) is 5.91 Å². The van der Waals surface area contributed by atoms with Gasteiger partial charge in [0.05, 0.1) is 20.3 Å². The molecule has 1 saturated heterocycles. The Hall–Kier alpha value is -1.47. The molecule has 1 heterocycles. The average molecular weight is 431 g/mol. The number of nitrogens with zero attached hydrogens (tertiary/aromatic N) is 2. The van der Waals surface area contributed by atoms with Crippen molar-refractivity contribution in [3.8, 4) is 0 Å². The van der Waals surface area contributed by atoms with Crippen LogP contribution in [0.15, 0.2) is 16.5 Å². The van der Waals surface area contributed by atoms with Crippen LogP contribution in [0.1, 0.15) is 50.0 Å². The van der Waals surface area contributed by atoms with Crippen molar-refractivity contribution in [1.29, 1.82) is 0 Å². The number of amides is 2. The van der Waals surface area contributed by atoms with Crippen molar-refractivity contribution in [2.45, 2.75) is 41.0 Å². The van der Waals surface area contributed by atoms with Gasteiger partial charge in [-0.3, -0.25) is 9.59 Å². The van der Waals surface area contributed by atoms with E-state index in [1.807, 2.05) is 27.7 Å². The van der Waals surface area contributed by atoms with Crippen LogP contribution in [0, 0.1) is 24.1 Å². The van der Waals surface area contributed by atoms with Gasteiger partial charge >= 0.3 is 0 Å². The molecule has 156 valence electrons. The van der Waals surface area contributed by atoms with Gasteiger partial charge in [-0.15, -0.1) is 0 Å². The lowest BCUT2D eigenvalue weighted by Gasteiger charge is -2.31. The Morgan fingerprint density at radius 3 is 2.50 bits per heavy atom. The van der Waals surface area contributed by atoms with E-state index in [1.54, 1.807) is 11.8 Å². The van der Waals surface area contributed by atoms with Crippen LogP contribution in [0.4, 0.5) is 4.39 Å². The van der Waals surface area contributed by atoms with Gasteiger partial charge in [0.15, 0.2) is 5.82 Å². The lowest BCUT2D eigenvalue weighted by Crippen LogP contribution is -2.41. The van der Waals surface area contributed by atoms with Crippen LogP contribution in [0.5, 0.6) is 0 Å². The third kappa shape index (κ3) is 5.11. The van der Waals surface area contributed by atoms with Crippen LogP contribution < -0.4 is 0 Å². The monoisotopic (exact) mass is 430 g/mol. The van der Waals surface area contributed by atoms with E-state index in [9.17, 15) is 18.2 Å². The summed E-state index contributed by atoms with van der Waals surface area (Å²) in [5, 5.41) is -0.134. The number of carbonyl (C=O) groups is 2. The number of halogens is 2. The fourth-order valence-electron chi connectivity index (χ4n) is 2.92. The van der Waals surface area contributed by atoms with Gasteiger partial charge < -0.3 is 4.90 Å². The highest BCUT2D eigenvalue weighted by Gasteiger charge is 2.32. The lowest BCUT2D eigenvalue weighted by atomic mass is 9.81. The molecule has 1 fully saturated rings. The summed E-state index contributed by atoms with van der Waals surface area (Å²) in [6.45, 7) is 10.3. The Morgan fingerprint density at radius 2 is 1.89 bits per heavy atom. The number of aryl methyl sites for hydroxylation is 1. The molecule has 0 radical (unpaired) electrons. The maximum absolute atomic E-state index is 14.3. The van der Waals surface area contributed by atoms with Crippen LogP contribution in [0.2, 0.25) is 5.02 Å². The highest BCUT2D eigenvalue weighted by atomic mass is 35.5. The van der Waals surface area contributed by atoms with Crippen molar-refractivity contribution in [1.82, 2.24) is 4.90 Å². The van der Waals surface area contributed by atoms with Gasteiger partial charge in [-0.1, -0.05) is 45.4 Å². The zero-order chi connectivity index (χ0) is 21.3. The lowest BCUT2D eigenvalue weighted by molar-refractivity contribution is -0.138. The van der Waals surface area contributed by atoms with Crippen molar-refractivity contribution < 1.29 is 18.2 Å². The Balaban J connectivity index is 2.22. The second-order valence-corrected chi connectivity index (χ2v) is 11.3. The van der Waals surface area contributed by atoms with E-state index in [1.165, 1.54) is 12.1 Å². The van der Waals surface area contributed by atoms with Crippen LogP contribution in [-0.4, -0.2) is 45.5 Å². The third-order valence-corrected chi connectivity index (χ3v) is 8.02. The van der Waals surface area contributed by atoms with Gasteiger partial charge in [0.2, 0.25) is 5.91 Å². The fraction of sp³-hybridized carbons (Fsp3) is 0.600. The molecule has 8 heteroatoms. The van der Waals surface area contributed by atoms with Crippen molar-refractivity contribution >= 4 is 33.1 Å². The molecule has 28 heavy (non-hydrogen) atoms. The van der Waals surface area contributed by atoms with Gasteiger partial charge in [-0.2, -0.15) is 4.36 Å². The molecule has 2 amide bonds. The first-order valence-corrected chi connectivity index (χ1v) is 11.6. The molecule has 0 saturated carbocycles. The molecule has 1 aliphatic heterocycles. The van der Waals surface area contributed by atoms with Crippen LogP contribution >= 0.6 is 11.6 Å². The number of rotatable bonds is 2. The van der Waals surface area contributed by atoms with Crippen LogP contribution in [0.3, 0.4) is 0 Å². The first-order valence-electron chi connectivity index (χ1n) is 9.36. The molecule has 1 aliphatic rings. The van der Waals surface area contributed by atoms with Gasteiger partial charge in [-0.05, 0) is 30.4 Å². The second-order valence-electron chi connectivity index (χ2n) is 8.40. The number of hydrogen-bond donors (Lipinski definition) is 0. The minimum Gasteiger partial charge on any atom is -0.341 e. The third-order valence-electron chi connectivity index (χ3n) is 5.31. The van der Waals surface area contributed by atoms with Crippen molar-refractivity contribution in [3.63, 3.8) is 0 Å². The van der Waals surface area contributed by atoms with E-state index in [2.05, 4.69) is 4.36 Å². The van der Waals surface area contributed by atoms with Gasteiger partial charge in [0.1, 0.15) is 0 Å². The zero-order valence-electron chi connectivity index (χ0n) is 17.1. The van der Waals surface area contributed by atoms with E-state index >= 15 is 0 Å². The van der Waals surface area contributed by atoms with Gasteiger partial charge in [0, 0.05) is 30.5 Å². The largest absolute Gasteiger partial charge is 0.341 e. The number of hydrogen-bond acceptors (Lipinski definition) is 3. The minimum absolute atomic E-state index is 0.0128. The predicted octanol–water partition coefficient (Wildman–Crippen LogP) is 4.31. The van der Waals surface area contributed by atoms with Crippen LogP contribution in [0.25, 0.3) is 0 Å². The Bertz CT molecular complexity index is 901. The molecule has 2 rings (SSSR count). The molecule has 0 N–H and O–H groups in total. The standard InChI is InChI=1S/C20H28ClFN2O3S/c1-13-7-8-15(17(22)16(13)21)18(25)23-28(27)11-6-9-24(10-12-28)19(26)14(2)20(3,4)5/h7-8,14H,6,9-12H2,1-5H3. The summed E-state index contributed by atoms with van der Waals surface area (Å²) in [4.78, 5) is 26.9. The molecule has 0 aliphatic carbocycles. The first-order chi connectivity index (χ1) is 12.9. The smallest absolute Gasteiger partial charge is 0.288 e. The average Bonchev–Trinajstić information content (AvgIpc) is 2.79. The summed E-state index contributed by atoms with van der Waals surface area (Å²) in [5.74, 6) is -1.58. The first kappa shape index (κ1) is 22.8. The molecule has 1 aromatic carbocycles. The summed E-state index contributed by atoms with van der Waals surface area (Å²) < 4.78 is 31.3. The molecule has 0 spiro atoms. The minimum atomic E-state index is -2.87. The van der Waals surface area contributed by atoms with E-state index in [0.717, 1.165) is 0 Å². The maximum atomic E-state index is 14.3. The summed E-state index contributed by atoms with van der Waals surface area (Å²) in [5.41, 5.74) is 0.0567. The SMILES string of the molecule is Cc1ccc(C(=O)N=S2(=O)CCCN(C(=O)C(C)C(C)(C)C)CC2)c(F)c1Cl. The molecular weight excluding hydrogens is 403 g/mol. The molecule has 0 aromatic heterocycles. The van der Waals surface area contributed by atoms with E-state index in [-0.39, 0.29) is 45.9 Å². The normalized spacial score (nSPS) is 21.8. The van der Waals surface area contributed by atoms with E-state index in [0.29, 0.717) is 18.5 Å². The summed E-state index contributed by atoms with van der Waals surface area (Å²) in [7, 11) is -2.87. The van der Waals surface area contributed by atoms with Crippen molar-refractivity contribution in [3.05, 3.63) is 34.1 Å².